The highest BCUT2D eigenvalue weighted by atomic mass is 32.2. The van der Waals surface area contributed by atoms with E-state index < -0.39 is 39.4 Å². The quantitative estimate of drug-likeness (QED) is 0.354. The maximum absolute atomic E-state index is 14.1. The number of hydrogen-bond acceptors (Lipinski definition) is 4. The van der Waals surface area contributed by atoms with Crippen molar-refractivity contribution < 1.29 is 35.2 Å². The van der Waals surface area contributed by atoms with Gasteiger partial charge in [0.2, 0.25) is 15.9 Å². The third kappa shape index (κ3) is 7.34. The van der Waals surface area contributed by atoms with Gasteiger partial charge in [-0.25, -0.2) is 22.2 Å². The number of hydrogen-bond donors (Lipinski definition) is 2. The smallest absolute Gasteiger partial charge is 0.348 e. The molecule has 0 aliphatic rings. The summed E-state index contributed by atoms with van der Waals surface area (Å²) in [6.07, 6.45) is -1.58. The highest BCUT2D eigenvalue weighted by Gasteiger charge is 2.33. The van der Waals surface area contributed by atoms with Crippen molar-refractivity contribution in [2.24, 2.45) is 0 Å². The van der Waals surface area contributed by atoms with Gasteiger partial charge in [0.15, 0.2) is 0 Å². The first-order valence-corrected chi connectivity index (χ1v) is 11.8. The number of nitrogens with one attached hydrogen (secondary N) is 2. The highest BCUT2D eigenvalue weighted by molar-refractivity contribution is 7.92. The van der Waals surface area contributed by atoms with Gasteiger partial charge in [-0.3, -0.25) is 9.52 Å². The predicted molar refractivity (Wildman–Crippen MR) is 120 cm³/mol. The Hall–Kier alpha value is -3.80. The first-order valence-electron chi connectivity index (χ1n) is 9.88. The van der Waals surface area contributed by atoms with Gasteiger partial charge in [0.25, 0.3) is 0 Å². The predicted octanol–water partition coefficient (Wildman–Crippen LogP) is 4.75. The molecule has 0 aliphatic carbocycles. The van der Waals surface area contributed by atoms with Gasteiger partial charge in [-0.2, -0.15) is 13.2 Å². The molecular formula is C23H18F5N3O3S. The van der Waals surface area contributed by atoms with Gasteiger partial charge < -0.3 is 5.32 Å². The van der Waals surface area contributed by atoms with Crippen LogP contribution in [0.15, 0.2) is 60.7 Å². The van der Waals surface area contributed by atoms with Gasteiger partial charge in [-0.05, 0) is 42.0 Å². The second kappa shape index (κ2) is 10.2. The molecule has 3 rings (SSSR count). The van der Waals surface area contributed by atoms with Crippen molar-refractivity contribution in [3.05, 3.63) is 89.1 Å². The lowest BCUT2D eigenvalue weighted by Gasteiger charge is -2.11. The van der Waals surface area contributed by atoms with E-state index in [4.69, 9.17) is 0 Å². The zero-order valence-electron chi connectivity index (χ0n) is 18.0. The number of halogens is 5. The van der Waals surface area contributed by atoms with E-state index in [0.29, 0.717) is 5.56 Å². The number of nitrogens with zero attached hydrogens (tertiary/aromatic N) is 1. The summed E-state index contributed by atoms with van der Waals surface area (Å²) in [5.74, 6) is -2.15. The Labute approximate surface area is 197 Å². The lowest BCUT2D eigenvalue weighted by Crippen LogP contribution is -2.20. The molecule has 0 saturated carbocycles. The summed E-state index contributed by atoms with van der Waals surface area (Å²) in [7, 11) is -3.67. The Morgan fingerprint density at radius 3 is 2.43 bits per heavy atom. The Morgan fingerprint density at radius 2 is 1.80 bits per heavy atom. The molecule has 0 fully saturated rings. The lowest BCUT2D eigenvalue weighted by atomic mass is 10.0. The van der Waals surface area contributed by atoms with E-state index in [9.17, 15) is 35.2 Å². The Bertz CT molecular complexity index is 1390. The maximum Gasteiger partial charge on any atom is 0.433 e. The summed E-state index contributed by atoms with van der Waals surface area (Å²) in [5, 5.41) is 2.48. The number of carbonyl (C=O) groups is 1. The van der Waals surface area contributed by atoms with E-state index in [1.807, 2.05) is 4.72 Å². The van der Waals surface area contributed by atoms with Crippen LogP contribution in [-0.2, 0) is 27.5 Å². The molecule has 0 radical (unpaired) electrons. The molecule has 35 heavy (non-hydrogen) atoms. The molecule has 12 heteroatoms. The van der Waals surface area contributed by atoms with Crippen molar-refractivity contribution in [2.75, 3.05) is 11.0 Å². The number of alkyl halides is 3. The molecule has 0 atom stereocenters. The molecule has 1 aromatic heterocycles. The lowest BCUT2D eigenvalue weighted by molar-refractivity contribution is -0.141. The largest absolute Gasteiger partial charge is 0.433 e. The van der Waals surface area contributed by atoms with Crippen molar-refractivity contribution in [2.45, 2.75) is 12.7 Å². The van der Waals surface area contributed by atoms with Crippen LogP contribution in [0.2, 0.25) is 0 Å². The zero-order valence-corrected chi connectivity index (χ0v) is 18.8. The summed E-state index contributed by atoms with van der Waals surface area (Å²) in [5.41, 5.74) is -1.02. The summed E-state index contributed by atoms with van der Waals surface area (Å²) in [4.78, 5) is 15.8. The van der Waals surface area contributed by atoms with E-state index >= 15 is 0 Å². The molecule has 6 nitrogen and oxygen atoms in total. The average Bonchev–Trinajstić information content (AvgIpc) is 2.76. The van der Waals surface area contributed by atoms with Gasteiger partial charge >= 0.3 is 6.18 Å². The summed E-state index contributed by atoms with van der Waals surface area (Å²) < 4.78 is 91.5. The van der Waals surface area contributed by atoms with Gasteiger partial charge in [-0.1, -0.05) is 24.3 Å². The summed E-state index contributed by atoms with van der Waals surface area (Å²) in [6, 6.07) is 10.4. The van der Waals surface area contributed by atoms with Crippen LogP contribution in [0.1, 0.15) is 16.8 Å². The molecule has 0 spiro atoms. The minimum absolute atomic E-state index is 0.0921. The monoisotopic (exact) mass is 511 g/mol. The van der Waals surface area contributed by atoms with Crippen molar-refractivity contribution in [1.29, 1.82) is 0 Å². The van der Waals surface area contributed by atoms with Gasteiger partial charge in [-0.15, -0.1) is 0 Å². The molecule has 1 heterocycles. The Morgan fingerprint density at radius 1 is 1.06 bits per heavy atom. The fourth-order valence-corrected chi connectivity index (χ4v) is 3.56. The van der Waals surface area contributed by atoms with E-state index in [1.165, 1.54) is 30.3 Å². The van der Waals surface area contributed by atoms with E-state index in [-0.39, 0.29) is 29.1 Å². The molecule has 2 N–H and O–H groups in total. The van der Waals surface area contributed by atoms with Crippen LogP contribution >= 0.6 is 0 Å². The van der Waals surface area contributed by atoms with Crippen molar-refractivity contribution >= 4 is 27.7 Å². The first kappa shape index (κ1) is 25.8. The number of pyridine rings is 1. The SMILES string of the molecule is CS(=O)(=O)Nc1ccc(CNC(=O)/C=C/c2ccc(C(F)(F)F)nc2-c2cccc(F)c2)cc1F. The molecule has 0 bridgehead atoms. The zero-order chi connectivity index (χ0) is 25.8. The minimum Gasteiger partial charge on any atom is -0.348 e. The molecule has 1 amide bonds. The molecule has 2 aromatic carbocycles. The van der Waals surface area contributed by atoms with E-state index in [0.717, 1.165) is 42.7 Å². The standard InChI is InChI=1S/C23H18F5N3O3S/c1-35(33,34)31-19-8-5-14(11-18(19)25)13-29-21(32)10-7-15-6-9-20(23(26,27)28)30-22(15)16-3-2-4-17(24)12-16/h2-12,31H,13H2,1H3,(H,29,32)/b10-7+. The number of aromatic nitrogens is 1. The summed E-state index contributed by atoms with van der Waals surface area (Å²) in [6.45, 7) is -0.110. The maximum atomic E-state index is 14.1. The number of benzene rings is 2. The second-order valence-corrected chi connectivity index (χ2v) is 9.13. The molecule has 184 valence electrons. The number of anilines is 1. The van der Waals surface area contributed by atoms with Gasteiger partial charge in [0, 0.05) is 23.7 Å². The number of sulfonamides is 1. The van der Waals surface area contributed by atoms with Crippen LogP contribution in [0.25, 0.3) is 17.3 Å². The van der Waals surface area contributed by atoms with Crippen LogP contribution in [-0.4, -0.2) is 25.6 Å². The second-order valence-electron chi connectivity index (χ2n) is 7.38. The first-order chi connectivity index (χ1) is 16.3. The Kier molecular flexibility index (Phi) is 7.54. The van der Waals surface area contributed by atoms with Gasteiger partial charge in [0.1, 0.15) is 17.3 Å². The minimum atomic E-state index is -4.72. The topological polar surface area (TPSA) is 88.2 Å². The van der Waals surface area contributed by atoms with Crippen LogP contribution in [0.4, 0.5) is 27.6 Å². The van der Waals surface area contributed by atoms with Crippen molar-refractivity contribution in [3.63, 3.8) is 0 Å². The number of carbonyl (C=O) groups excluding carboxylic acids is 1. The van der Waals surface area contributed by atoms with Crippen molar-refractivity contribution in [3.8, 4) is 11.3 Å². The van der Waals surface area contributed by atoms with Crippen LogP contribution < -0.4 is 10.0 Å². The number of rotatable bonds is 7. The Balaban J connectivity index is 1.77. The average molecular weight is 511 g/mol. The third-order valence-electron chi connectivity index (χ3n) is 4.52. The fourth-order valence-electron chi connectivity index (χ4n) is 2.99. The number of amides is 1. The molecule has 3 aromatic rings. The van der Waals surface area contributed by atoms with Crippen LogP contribution in [0, 0.1) is 11.6 Å². The van der Waals surface area contributed by atoms with Crippen LogP contribution in [0.3, 0.4) is 0 Å². The molecule has 0 aliphatic heterocycles. The summed E-state index contributed by atoms with van der Waals surface area (Å²) >= 11 is 0. The fraction of sp³-hybridized carbons (Fsp3) is 0.130. The van der Waals surface area contributed by atoms with Crippen LogP contribution in [0.5, 0.6) is 0 Å². The third-order valence-corrected chi connectivity index (χ3v) is 5.12. The van der Waals surface area contributed by atoms with Crippen molar-refractivity contribution in [1.82, 2.24) is 10.3 Å². The normalized spacial score (nSPS) is 12.1. The molecule has 0 unspecified atom stereocenters. The molecular weight excluding hydrogens is 493 g/mol. The van der Waals surface area contributed by atoms with E-state index in [2.05, 4.69) is 10.3 Å². The molecule has 0 saturated heterocycles. The van der Waals surface area contributed by atoms with E-state index in [1.54, 1.807) is 0 Å². The van der Waals surface area contributed by atoms with Gasteiger partial charge in [0.05, 0.1) is 17.6 Å². The highest BCUT2D eigenvalue weighted by Crippen LogP contribution is 2.32.